The number of nitrogen functional groups attached to an aromatic ring is 1. The van der Waals surface area contributed by atoms with E-state index in [1.54, 1.807) is 11.8 Å². The van der Waals surface area contributed by atoms with Crippen molar-refractivity contribution in [2.45, 2.75) is 17.9 Å². The van der Waals surface area contributed by atoms with Crippen molar-refractivity contribution < 1.29 is 4.74 Å². The fourth-order valence-corrected chi connectivity index (χ4v) is 2.76. The molecule has 1 heterocycles. The Bertz CT molecular complexity index is 351. The highest BCUT2D eigenvalue weighted by atomic mass is 32.2. The van der Waals surface area contributed by atoms with Crippen LogP contribution in [0.25, 0.3) is 0 Å². The minimum Gasteiger partial charge on any atom is -0.398 e. The molecule has 1 fully saturated rings. The summed E-state index contributed by atoms with van der Waals surface area (Å²) in [5.74, 6) is 0.959. The predicted octanol–water partition coefficient (Wildman–Crippen LogP) is 1.66. The van der Waals surface area contributed by atoms with Gasteiger partial charge < -0.3 is 15.8 Å². The Balaban J connectivity index is 1.90. The highest BCUT2D eigenvalue weighted by Gasteiger charge is 2.14. The zero-order chi connectivity index (χ0) is 11.4. The number of nitrogens with one attached hydrogen (secondary N) is 1. The van der Waals surface area contributed by atoms with E-state index in [2.05, 4.69) is 18.3 Å². The SMILES string of the molecule is Cc1ccc(N)c(SCC2CNCCO2)c1. The summed E-state index contributed by atoms with van der Waals surface area (Å²) in [4.78, 5) is 1.16. The Kier molecular flexibility index (Phi) is 4.09. The van der Waals surface area contributed by atoms with Gasteiger partial charge in [0.2, 0.25) is 0 Å². The van der Waals surface area contributed by atoms with E-state index in [0.717, 1.165) is 36.0 Å². The summed E-state index contributed by atoms with van der Waals surface area (Å²) >= 11 is 1.78. The Morgan fingerprint density at radius 2 is 2.44 bits per heavy atom. The molecule has 88 valence electrons. The lowest BCUT2D eigenvalue weighted by molar-refractivity contribution is 0.0441. The maximum atomic E-state index is 5.93. The maximum absolute atomic E-state index is 5.93. The number of aryl methyl sites for hydroxylation is 1. The van der Waals surface area contributed by atoms with Gasteiger partial charge in [-0.1, -0.05) is 6.07 Å². The summed E-state index contributed by atoms with van der Waals surface area (Å²) in [6.45, 7) is 4.81. The average Bonchev–Trinajstić information content (AvgIpc) is 2.32. The van der Waals surface area contributed by atoms with Crippen LogP contribution in [0.3, 0.4) is 0 Å². The molecule has 0 radical (unpaired) electrons. The number of benzene rings is 1. The molecule has 1 aromatic carbocycles. The minimum absolute atomic E-state index is 0.304. The van der Waals surface area contributed by atoms with Crippen molar-refractivity contribution >= 4 is 17.4 Å². The number of ether oxygens (including phenoxy) is 1. The van der Waals surface area contributed by atoms with Gasteiger partial charge in [0.25, 0.3) is 0 Å². The first-order chi connectivity index (χ1) is 7.75. The third-order valence-electron chi connectivity index (χ3n) is 2.60. The fourth-order valence-electron chi connectivity index (χ4n) is 1.68. The number of anilines is 1. The molecule has 3 nitrogen and oxygen atoms in total. The van der Waals surface area contributed by atoms with E-state index in [-0.39, 0.29) is 0 Å². The number of thioether (sulfide) groups is 1. The minimum atomic E-state index is 0.304. The van der Waals surface area contributed by atoms with Crippen LogP contribution in [0, 0.1) is 6.92 Å². The molecule has 2 rings (SSSR count). The third kappa shape index (κ3) is 3.14. The van der Waals surface area contributed by atoms with Gasteiger partial charge in [0.1, 0.15) is 0 Å². The third-order valence-corrected chi connectivity index (χ3v) is 3.80. The smallest absolute Gasteiger partial charge is 0.0793 e. The molecule has 0 bridgehead atoms. The first-order valence-corrected chi connectivity index (χ1v) is 6.55. The molecule has 1 atom stereocenters. The Morgan fingerprint density at radius 3 is 3.19 bits per heavy atom. The van der Waals surface area contributed by atoms with Gasteiger partial charge in [-0.05, 0) is 24.6 Å². The number of nitrogens with two attached hydrogens (primary N) is 1. The van der Waals surface area contributed by atoms with E-state index in [1.165, 1.54) is 5.56 Å². The number of rotatable bonds is 3. The summed E-state index contributed by atoms with van der Waals surface area (Å²) in [6.07, 6.45) is 0.304. The van der Waals surface area contributed by atoms with Crippen LogP contribution in [-0.2, 0) is 4.74 Å². The van der Waals surface area contributed by atoms with E-state index in [4.69, 9.17) is 10.5 Å². The highest BCUT2D eigenvalue weighted by Crippen LogP contribution is 2.27. The quantitative estimate of drug-likeness (QED) is 0.621. The topological polar surface area (TPSA) is 47.3 Å². The molecule has 1 saturated heterocycles. The zero-order valence-corrected chi connectivity index (χ0v) is 10.3. The summed E-state index contributed by atoms with van der Waals surface area (Å²) in [6, 6.07) is 6.14. The zero-order valence-electron chi connectivity index (χ0n) is 9.53. The first-order valence-electron chi connectivity index (χ1n) is 5.57. The second-order valence-corrected chi connectivity index (χ2v) is 5.11. The second-order valence-electron chi connectivity index (χ2n) is 4.05. The van der Waals surface area contributed by atoms with E-state index in [1.807, 2.05) is 12.1 Å². The molecule has 0 saturated carbocycles. The lowest BCUT2D eigenvalue weighted by Gasteiger charge is -2.23. The first kappa shape index (κ1) is 11.8. The lowest BCUT2D eigenvalue weighted by Crippen LogP contribution is -2.39. The van der Waals surface area contributed by atoms with Crippen LogP contribution >= 0.6 is 11.8 Å². The molecule has 0 amide bonds. The molecule has 4 heteroatoms. The van der Waals surface area contributed by atoms with Gasteiger partial charge in [-0.3, -0.25) is 0 Å². The molecule has 0 aliphatic carbocycles. The molecule has 0 spiro atoms. The van der Waals surface area contributed by atoms with Crippen LogP contribution in [0.5, 0.6) is 0 Å². The summed E-state index contributed by atoms with van der Waals surface area (Å²) in [5, 5.41) is 3.33. The lowest BCUT2D eigenvalue weighted by atomic mass is 10.2. The molecule has 3 N–H and O–H groups in total. The van der Waals surface area contributed by atoms with Gasteiger partial charge in [0.15, 0.2) is 0 Å². The Labute approximate surface area is 101 Å². The van der Waals surface area contributed by atoms with Crippen LogP contribution in [0.15, 0.2) is 23.1 Å². The second kappa shape index (κ2) is 5.57. The van der Waals surface area contributed by atoms with Crippen molar-refractivity contribution in [2.75, 3.05) is 31.2 Å². The van der Waals surface area contributed by atoms with E-state index in [0.29, 0.717) is 6.10 Å². The summed E-state index contributed by atoms with van der Waals surface area (Å²) in [5.41, 5.74) is 8.04. The number of hydrogen-bond donors (Lipinski definition) is 2. The maximum Gasteiger partial charge on any atom is 0.0793 e. The van der Waals surface area contributed by atoms with Crippen LogP contribution in [0.2, 0.25) is 0 Å². The van der Waals surface area contributed by atoms with Gasteiger partial charge in [-0.25, -0.2) is 0 Å². The highest BCUT2D eigenvalue weighted by molar-refractivity contribution is 7.99. The van der Waals surface area contributed by atoms with Crippen molar-refractivity contribution in [1.82, 2.24) is 5.32 Å². The summed E-state index contributed by atoms with van der Waals surface area (Å²) < 4.78 is 5.65. The van der Waals surface area contributed by atoms with E-state index in [9.17, 15) is 0 Å². The monoisotopic (exact) mass is 238 g/mol. The standard InChI is InChI=1S/C12H18N2OS/c1-9-2-3-11(13)12(6-9)16-8-10-7-14-4-5-15-10/h2-3,6,10,14H,4-5,7-8,13H2,1H3. The Hall–Kier alpha value is -0.710. The van der Waals surface area contributed by atoms with Crippen molar-refractivity contribution in [2.24, 2.45) is 0 Å². The molecule has 1 aliphatic rings. The van der Waals surface area contributed by atoms with Crippen molar-refractivity contribution in [3.63, 3.8) is 0 Å². The van der Waals surface area contributed by atoms with Crippen molar-refractivity contribution in [3.8, 4) is 0 Å². The van der Waals surface area contributed by atoms with Gasteiger partial charge in [-0.2, -0.15) is 0 Å². The van der Waals surface area contributed by atoms with Crippen molar-refractivity contribution in [1.29, 1.82) is 0 Å². The molecule has 1 aromatic rings. The average molecular weight is 238 g/mol. The van der Waals surface area contributed by atoms with Gasteiger partial charge in [0, 0.05) is 29.4 Å². The van der Waals surface area contributed by atoms with Gasteiger partial charge in [0.05, 0.1) is 12.7 Å². The van der Waals surface area contributed by atoms with Crippen LogP contribution < -0.4 is 11.1 Å². The van der Waals surface area contributed by atoms with E-state index < -0.39 is 0 Å². The largest absolute Gasteiger partial charge is 0.398 e. The van der Waals surface area contributed by atoms with Gasteiger partial charge in [-0.15, -0.1) is 11.8 Å². The van der Waals surface area contributed by atoms with Crippen LogP contribution in [-0.4, -0.2) is 31.6 Å². The predicted molar refractivity (Wildman–Crippen MR) is 68.9 cm³/mol. The molecule has 16 heavy (non-hydrogen) atoms. The van der Waals surface area contributed by atoms with Crippen LogP contribution in [0.4, 0.5) is 5.69 Å². The van der Waals surface area contributed by atoms with E-state index >= 15 is 0 Å². The molecule has 1 unspecified atom stereocenters. The molecular weight excluding hydrogens is 220 g/mol. The molecule has 0 aromatic heterocycles. The fraction of sp³-hybridized carbons (Fsp3) is 0.500. The summed E-state index contributed by atoms with van der Waals surface area (Å²) in [7, 11) is 0. The normalized spacial score (nSPS) is 20.9. The van der Waals surface area contributed by atoms with Gasteiger partial charge >= 0.3 is 0 Å². The van der Waals surface area contributed by atoms with Crippen molar-refractivity contribution in [3.05, 3.63) is 23.8 Å². The Morgan fingerprint density at radius 1 is 1.56 bits per heavy atom. The van der Waals surface area contributed by atoms with Crippen LogP contribution in [0.1, 0.15) is 5.56 Å². The number of hydrogen-bond acceptors (Lipinski definition) is 4. The molecular formula is C12H18N2OS. The molecule has 1 aliphatic heterocycles. The number of morpholine rings is 1.